The van der Waals surface area contributed by atoms with Crippen molar-refractivity contribution in [3.8, 4) is 0 Å². The number of aliphatic carboxylic acids is 1. The van der Waals surface area contributed by atoms with E-state index >= 15 is 0 Å². The predicted molar refractivity (Wildman–Crippen MR) is 26.0 cm³/mol. The molecule has 0 radical (unpaired) electrons. The summed E-state index contributed by atoms with van der Waals surface area (Å²) in [6, 6.07) is 0. The number of aliphatic hydroxyl groups excluding tert-OH is 1. The van der Waals surface area contributed by atoms with Gasteiger partial charge in [-0.2, -0.15) is 0 Å². The summed E-state index contributed by atoms with van der Waals surface area (Å²) in [6.45, 7) is 1.20. The van der Waals surface area contributed by atoms with Crippen LogP contribution in [0.4, 0.5) is 0 Å². The van der Waals surface area contributed by atoms with E-state index in [0.29, 0.717) is 0 Å². The minimum atomic E-state index is -1.23. The van der Waals surface area contributed by atoms with Crippen molar-refractivity contribution < 1.29 is 15.0 Å². The van der Waals surface area contributed by atoms with Crippen molar-refractivity contribution in [1.82, 2.24) is 0 Å². The van der Waals surface area contributed by atoms with Crippen LogP contribution in [0.25, 0.3) is 0 Å². The molecule has 44 valence electrons. The minimum absolute atomic E-state index is 0. The molecule has 0 aliphatic carbocycles. The van der Waals surface area contributed by atoms with Gasteiger partial charge in [0.15, 0.2) is 0 Å². The zero-order chi connectivity index (χ0) is 5.15. The molecule has 0 heterocycles. The maximum Gasteiger partial charge on any atom is 0.332 e. The van der Waals surface area contributed by atoms with E-state index in [-0.39, 0.29) is 7.43 Å². The summed E-state index contributed by atoms with van der Waals surface area (Å²) in [5.74, 6) is -1.19. The van der Waals surface area contributed by atoms with E-state index in [4.69, 9.17) is 10.2 Å². The van der Waals surface area contributed by atoms with Gasteiger partial charge in [-0.3, -0.25) is 0 Å². The Bertz CT molecular complexity index is 58.0. The number of carbonyl (C=O) groups is 1. The Morgan fingerprint density at radius 3 is 1.86 bits per heavy atom. The van der Waals surface area contributed by atoms with Gasteiger partial charge >= 0.3 is 5.97 Å². The number of aliphatic hydroxyl groups is 1. The van der Waals surface area contributed by atoms with Crippen LogP contribution in [0.2, 0.25) is 0 Å². The number of rotatable bonds is 1. The first kappa shape index (κ1) is 9.66. The quantitative estimate of drug-likeness (QED) is 0.498. The van der Waals surface area contributed by atoms with Crippen LogP contribution in [-0.4, -0.2) is 22.3 Å². The average Bonchev–Trinajstić information content (AvgIpc) is 1.36. The maximum absolute atomic E-state index is 9.45. The first-order valence-corrected chi connectivity index (χ1v) is 1.55. The molecular formula is C4H10O3. The van der Waals surface area contributed by atoms with Gasteiger partial charge in [0.1, 0.15) is 6.10 Å². The summed E-state index contributed by atoms with van der Waals surface area (Å²) < 4.78 is 0. The molecule has 7 heavy (non-hydrogen) atoms. The van der Waals surface area contributed by atoms with Gasteiger partial charge in [0.05, 0.1) is 0 Å². The zero-order valence-electron chi connectivity index (χ0n) is 3.38. The lowest BCUT2D eigenvalue weighted by molar-refractivity contribution is -0.145. The summed E-state index contributed by atoms with van der Waals surface area (Å²) in [5, 5.41) is 15.8. The van der Waals surface area contributed by atoms with Crippen LogP contribution < -0.4 is 0 Å². The van der Waals surface area contributed by atoms with E-state index < -0.39 is 12.1 Å². The predicted octanol–water partition coefficient (Wildman–Crippen LogP) is 0.0879. The van der Waals surface area contributed by atoms with Gasteiger partial charge in [0, 0.05) is 0 Å². The van der Waals surface area contributed by atoms with Crippen molar-refractivity contribution in [2.75, 3.05) is 0 Å². The van der Waals surface area contributed by atoms with Crippen molar-refractivity contribution in [1.29, 1.82) is 0 Å². The average molecular weight is 106 g/mol. The molecule has 0 rings (SSSR count). The van der Waals surface area contributed by atoms with Crippen LogP contribution >= 0.6 is 0 Å². The molecule has 0 fully saturated rings. The Morgan fingerprint density at radius 1 is 1.71 bits per heavy atom. The largest absolute Gasteiger partial charge is 0.479 e. The summed E-state index contributed by atoms with van der Waals surface area (Å²) in [7, 11) is 0. The van der Waals surface area contributed by atoms with Crippen molar-refractivity contribution >= 4 is 5.97 Å². The molecule has 0 aromatic carbocycles. The van der Waals surface area contributed by atoms with E-state index in [1.807, 2.05) is 0 Å². The molecule has 0 aliphatic heterocycles. The lowest BCUT2D eigenvalue weighted by Gasteiger charge is -1.89. The van der Waals surface area contributed by atoms with Crippen LogP contribution in [0, 0.1) is 0 Å². The fourth-order valence-electron chi connectivity index (χ4n) is 0. The van der Waals surface area contributed by atoms with Gasteiger partial charge < -0.3 is 10.2 Å². The molecule has 0 amide bonds. The highest BCUT2D eigenvalue weighted by Crippen LogP contribution is 1.73. The molecule has 2 N–H and O–H groups in total. The Balaban J connectivity index is 0. The lowest BCUT2D eigenvalue weighted by Crippen LogP contribution is -2.13. The van der Waals surface area contributed by atoms with Crippen molar-refractivity contribution in [2.24, 2.45) is 0 Å². The molecule has 1 unspecified atom stereocenters. The van der Waals surface area contributed by atoms with Crippen molar-refractivity contribution in [3.63, 3.8) is 0 Å². The molecule has 0 spiro atoms. The van der Waals surface area contributed by atoms with E-state index in [9.17, 15) is 4.79 Å². The second kappa shape index (κ2) is 3.61. The molecule has 0 aromatic rings. The normalized spacial score (nSPS) is 11.7. The maximum atomic E-state index is 9.45. The Morgan fingerprint density at radius 2 is 1.86 bits per heavy atom. The van der Waals surface area contributed by atoms with Crippen LogP contribution in [0.1, 0.15) is 14.4 Å². The molecule has 0 bridgehead atoms. The SMILES string of the molecule is C.CC(O)C(=O)O. The van der Waals surface area contributed by atoms with Gasteiger partial charge in [0.2, 0.25) is 0 Å². The Hall–Kier alpha value is -0.570. The van der Waals surface area contributed by atoms with E-state index in [1.165, 1.54) is 6.92 Å². The van der Waals surface area contributed by atoms with Crippen molar-refractivity contribution in [3.05, 3.63) is 0 Å². The van der Waals surface area contributed by atoms with Gasteiger partial charge in [-0.25, -0.2) is 4.79 Å². The Labute approximate surface area is 42.6 Å². The lowest BCUT2D eigenvalue weighted by atomic mass is 10.4. The minimum Gasteiger partial charge on any atom is -0.479 e. The second-order valence-corrected chi connectivity index (χ2v) is 1.01. The molecule has 0 aliphatic rings. The van der Waals surface area contributed by atoms with E-state index in [0.717, 1.165) is 0 Å². The molecule has 3 nitrogen and oxygen atoms in total. The van der Waals surface area contributed by atoms with Crippen LogP contribution in [0.15, 0.2) is 0 Å². The van der Waals surface area contributed by atoms with Gasteiger partial charge in [0.25, 0.3) is 0 Å². The fraction of sp³-hybridized carbons (Fsp3) is 0.750. The summed E-state index contributed by atoms with van der Waals surface area (Å²) in [6.07, 6.45) is -1.23. The topological polar surface area (TPSA) is 57.5 Å². The van der Waals surface area contributed by atoms with E-state index in [2.05, 4.69) is 0 Å². The van der Waals surface area contributed by atoms with Crippen molar-refractivity contribution in [2.45, 2.75) is 20.5 Å². The molecule has 3 heteroatoms. The Kier molecular flexibility index (Phi) is 4.99. The summed E-state index contributed by atoms with van der Waals surface area (Å²) in [5.41, 5.74) is 0. The van der Waals surface area contributed by atoms with Crippen LogP contribution in [-0.2, 0) is 4.79 Å². The highest BCUT2D eigenvalue weighted by atomic mass is 16.4. The standard InChI is InChI=1S/C3H6O3.CH4/c1-2(4)3(5)6;/h2,4H,1H3,(H,5,6);1H4. The van der Waals surface area contributed by atoms with E-state index in [1.54, 1.807) is 0 Å². The number of carboxylic acid groups (broad SMARTS) is 1. The first-order chi connectivity index (χ1) is 2.64. The molecule has 0 saturated heterocycles. The third kappa shape index (κ3) is 5.43. The van der Waals surface area contributed by atoms with Gasteiger partial charge in [-0.1, -0.05) is 7.43 Å². The summed E-state index contributed by atoms with van der Waals surface area (Å²) in [4.78, 5) is 9.45. The highest BCUT2D eigenvalue weighted by molar-refractivity contribution is 5.71. The number of carboxylic acids is 1. The number of hydrogen-bond acceptors (Lipinski definition) is 2. The first-order valence-electron chi connectivity index (χ1n) is 1.55. The zero-order valence-corrected chi connectivity index (χ0v) is 3.38. The molecule has 0 aromatic heterocycles. The third-order valence-electron chi connectivity index (χ3n) is 0.357. The smallest absolute Gasteiger partial charge is 0.332 e. The second-order valence-electron chi connectivity index (χ2n) is 1.01. The third-order valence-corrected chi connectivity index (χ3v) is 0.357. The van der Waals surface area contributed by atoms with Gasteiger partial charge in [-0.05, 0) is 6.92 Å². The van der Waals surface area contributed by atoms with Crippen LogP contribution in [0.5, 0.6) is 0 Å². The summed E-state index contributed by atoms with van der Waals surface area (Å²) >= 11 is 0. The fourth-order valence-corrected chi connectivity index (χ4v) is 0. The number of hydrogen-bond donors (Lipinski definition) is 2. The molecule has 0 saturated carbocycles. The van der Waals surface area contributed by atoms with Crippen LogP contribution in [0.3, 0.4) is 0 Å². The molecule has 1 atom stereocenters. The molecular weight excluding hydrogens is 96.0 g/mol. The van der Waals surface area contributed by atoms with Gasteiger partial charge in [-0.15, -0.1) is 0 Å². The monoisotopic (exact) mass is 106 g/mol. The highest BCUT2D eigenvalue weighted by Gasteiger charge is 2.01.